The SMILES string of the molecule is N#CC1CC1c1nc(Cc2ccc(F)cc2F)no1. The van der Waals surface area contributed by atoms with Crippen LogP contribution in [0, 0.1) is 28.9 Å². The molecule has 1 aliphatic rings. The first kappa shape index (κ1) is 11.8. The van der Waals surface area contributed by atoms with Gasteiger partial charge in [-0.25, -0.2) is 8.78 Å². The Labute approximate surface area is 107 Å². The second-order valence-electron chi connectivity index (χ2n) is 4.54. The Morgan fingerprint density at radius 3 is 2.95 bits per heavy atom. The molecule has 2 aromatic rings. The maximum atomic E-state index is 13.5. The van der Waals surface area contributed by atoms with Crippen molar-refractivity contribution in [2.24, 2.45) is 5.92 Å². The average molecular weight is 261 g/mol. The summed E-state index contributed by atoms with van der Waals surface area (Å²) in [5.41, 5.74) is 0.307. The van der Waals surface area contributed by atoms with Crippen molar-refractivity contribution < 1.29 is 13.3 Å². The van der Waals surface area contributed by atoms with Gasteiger partial charge in [0.15, 0.2) is 5.82 Å². The largest absolute Gasteiger partial charge is 0.339 e. The minimum absolute atomic E-state index is 0.00400. The summed E-state index contributed by atoms with van der Waals surface area (Å²) in [6.07, 6.45) is 0.864. The number of hydrogen-bond donors (Lipinski definition) is 0. The topological polar surface area (TPSA) is 62.7 Å². The van der Waals surface area contributed by atoms with Crippen LogP contribution in [-0.4, -0.2) is 10.1 Å². The van der Waals surface area contributed by atoms with E-state index >= 15 is 0 Å². The van der Waals surface area contributed by atoms with E-state index in [2.05, 4.69) is 16.2 Å². The second-order valence-corrected chi connectivity index (χ2v) is 4.54. The predicted octanol–water partition coefficient (Wildman–Crippen LogP) is 2.57. The van der Waals surface area contributed by atoms with Crippen LogP contribution in [0.15, 0.2) is 22.7 Å². The molecule has 1 fully saturated rings. The van der Waals surface area contributed by atoms with Crippen molar-refractivity contribution >= 4 is 0 Å². The third-order valence-electron chi connectivity index (χ3n) is 3.12. The number of nitrogens with zero attached hydrogens (tertiary/aromatic N) is 3. The highest BCUT2D eigenvalue weighted by Gasteiger charge is 2.43. The summed E-state index contributed by atoms with van der Waals surface area (Å²) in [6, 6.07) is 5.50. The van der Waals surface area contributed by atoms with Crippen molar-refractivity contribution in [1.29, 1.82) is 5.26 Å². The molecule has 2 atom stereocenters. The number of benzene rings is 1. The lowest BCUT2D eigenvalue weighted by atomic mass is 10.1. The van der Waals surface area contributed by atoms with Crippen molar-refractivity contribution in [3.8, 4) is 6.07 Å². The van der Waals surface area contributed by atoms with Crippen molar-refractivity contribution in [3.05, 3.63) is 47.1 Å². The van der Waals surface area contributed by atoms with Gasteiger partial charge in [0, 0.05) is 12.5 Å². The second kappa shape index (κ2) is 4.43. The number of hydrogen-bond acceptors (Lipinski definition) is 4. The molecule has 0 radical (unpaired) electrons. The zero-order valence-electron chi connectivity index (χ0n) is 9.81. The molecule has 4 nitrogen and oxygen atoms in total. The van der Waals surface area contributed by atoms with Crippen LogP contribution >= 0.6 is 0 Å². The van der Waals surface area contributed by atoms with Gasteiger partial charge < -0.3 is 4.52 Å². The molecule has 0 bridgehead atoms. The molecule has 0 aliphatic heterocycles. The van der Waals surface area contributed by atoms with Gasteiger partial charge in [-0.2, -0.15) is 10.2 Å². The zero-order valence-corrected chi connectivity index (χ0v) is 9.81. The van der Waals surface area contributed by atoms with Crippen LogP contribution in [-0.2, 0) is 6.42 Å². The molecule has 1 aromatic heterocycles. The molecule has 2 unspecified atom stereocenters. The van der Waals surface area contributed by atoms with Crippen molar-refractivity contribution in [2.75, 3.05) is 0 Å². The third kappa shape index (κ3) is 2.32. The minimum atomic E-state index is -0.632. The van der Waals surface area contributed by atoms with Gasteiger partial charge in [0.1, 0.15) is 11.6 Å². The molecule has 1 aliphatic carbocycles. The fraction of sp³-hybridized carbons (Fsp3) is 0.308. The summed E-state index contributed by atoms with van der Waals surface area (Å²) in [6.45, 7) is 0. The molecule has 1 aromatic carbocycles. The summed E-state index contributed by atoms with van der Waals surface area (Å²) in [5, 5.41) is 12.5. The maximum Gasteiger partial charge on any atom is 0.231 e. The van der Waals surface area contributed by atoms with Crippen molar-refractivity contribution in [1.82, 2.24) is 10.1 Å². The summed E-state index contributed by atoms with van der Waals surface area (Å²) >= 11 is 0. The number of aromatic nitrogens is 2. The highest BCUT2D eigenvalue weighted by Crippen LogP contribution is 2.46. The molecule has 0 saturated heterocycles. The van der Waals surface area contributed by atoms with Crippen LogP contribution in [0.4, 0.5) is 8.78 Å². The van der Waals surface area contributed by atoms with Gasteiger partial charge in [-0.1, -0.05) is 11.2 Å². The van der Waals surface area contributed by atoms with Crippen LogP contribution in [0.3, 0.4) is 0 Å². The Morgan fingerprint density at radius 2 is 2.26 bits per heavy atom. The number of halogens is 2. The van der Waals surface area contributed by atoms with E-state index < -0.39 is 11.6 Å². The van der Waals surface area contributed by atoms with Crippen molar-refractivity contribution in [2.45, 2.75) is 18.8 Å². The molecular formula is C13H9F2N3O. The first-order valence-electron chi connectivity index (χ1n) is 5.83. The van der Waals surface area contributed by atoms with E-state index in [1.54, 1.807) is 0 Å². The standard InChI is InChI=1S/C13H9F2N3O/c14-9-2-1-7(11(15)5-9)4-12-17-13(19-18-12)10-3-8(10)6-16/h1-2,5,8,10H,3-4H2. The Bertz CT molecular complexity index is 662. The maximum absolute atomic E-state index is 13.5. The summed E-state index contributed by atoms with van der Waals surface area (Å²) in [4.78, 5) is 4.14. The van der Waals surface area contributed by atoms with Gasteiger partial charge in [0.25, 0.3) is 0 Å². The van der Waals surface area contributed by atoms with Crippen molar-refractivity contribution in [3.63, 3.8) is 0 Å². The van der Waals surface area contributed by atoms with E-state index in [9.17, 15) is 8.78 Å². The molecule has 3 rings (SSSR count). The Kier molecular flexibility index (Phi) is 2.75. The van der Waals surface area contributed by atoms with E-state index in [-0.39, 0.29) is 18.3 Å². The fourth-order valence-corrected chi connectivity index (χ4v) is 1.94. The molecule has 6 heteroatoms. The van der Waals surface area contributed by atoms with Crippen LogP contribution in [0.25, 0.3) is 0 Å². The van der Waals surface area contributed by atoms with E-state index in [4.69, 9.17) is 9.78 Å². The molecule has 0 N–H and O–H groups in total. The van der Waals surface area contributed by atoms with Gasteiger partial charge in [0.05, 0.1) is 17.9 Å². The summed E-state index contributed by atoms with van der Waals surface area (Å²) < 4.78 is 31.3. The lowest BCUT2D eigenvalue weighted by molar-refractivity contribution is 0.373. The van der Waals surface area contributed by atoms with Gasteiger partial charge >= 0.3 is 0 Å². The van der Waals surface area contributed by atoms with Crippen LogP contribution in [0.5, 0.6) is 0 Å². The minimum Gasteiger partial charge on any atom is -0.339 e. The molecule has 0 spiro atoms. The van der Waals surface area contributed by atoms with E-state index in [1.807, 2.05) is 0 Å². The number of nitriles is 1. The molecular weight excluding hydrogens is 252 g/mol. The summed E-state index contributed by atoms with van der Waals surface area (Å²) in [7, 11) is 0. The van der Waals surface area contributed by atoms with Gasteiger partial charge in [0.2, 0.25) is 5.89 Å². The molecule has 1 saturated carbocycles. The highest BCUT2D eigenvalue weighted by molar-refractivity contribution is 5.22. The molecule has 96 valence electrons. The van der Waals surface area contributed by atoms with E-state index in [1.165, 1.54) is 12.1 Å². The smallest absolute Gasteiger partial charge is 0.231 e. The van der Waals surface area contributed by atoms with Gasteiger partial charge in [-0.05, 0) is 18.1 Å². The van der Waals surface area contributed by atoms with Crippen LogP contribution in [0.2, 0.25) is 0 Å². The zero-order chi connectivity index (χ0) is 13.4. The summed E-state index contributed by atoms with van der Waals surface area (Å²) in [5.74, 6) is -0.550. The predicted molar refractivity (Wildman–Crippen MR) is 59.9 cm³/mol. The van der Waals surface area contributed by atoms with E-state index in [0.29, 0.717) is 17.3 Å². The Morgan fingerprint density at radius 1 is 1.42 bits per heavy atom. The highest BCUT2D eigenvalue weighted by atomic mass is 19.1. The first-order chi connectivity index (χ1) is 9.17. The van der Waals surface area contributed by atoms with Crippen LogP contribution in [0.1, 0.15) is 29.6 Å². The normalized spacial score (nSPS) is 21.1. The Hall–Kier alpha value is -2.29. The van der Waals surface area contributed by atoms with E-state index in [0.717, 1.165) is 12.5 Å². The van der Waals surface area contributed by atoms with Crippen LogP contribution < -0.4 is 0 Å². The van der Waals surface area contributed by atoms with Gasteiger partial charge in [-0.15, -0.1) is 0 Å². The lowest BCUT2D eigenvalue weighted by Crippen LogP contribution is -1.95. The number of rotatable bonds is 3. The molecule has 19 heavy (non-hydrogen) atoms. The fourth-order valence-electron chi connectivity index (χ4n) is 1.94. The van der Waals surface area contributed by atoms with Gasteiger partial charge in [-0.3, -0.25) is 0 Å². The monoisotopic (exact) mass is 261 g/mol. The Balaban J connectivity index is 1.75. The lowest BCUT2D eigenvalue weighted by Gasteiger charge is -1.98. The molecule has 0 amide bonds. The average Bonchev–Trinajstić information content (AvgIpc) is 3.04. The quantitative estimate of drug-likeness (QED) is 0.851. The third-order valence-corrected chi connectivity index (χ3v) is 3.12. The molecule has 1 heterocycles. The first-order valence-corrected chi connectivity index (χ1v) is 5.83.